The Labute approximate surface area is 217 Å². The standard InChI is InChI=1S/C25H38N6O5S/c1-6-10-21-27-17(5)22-24(33)28-23(29-31(21)22)19-13-18(11-12-20(19)36-9-4)37(34,35)30(8-3)15-25(7-2,14-26)16-32/h11-13,32H,6-10,14-16,26H2,1-5H3,(H,28,29,33). The highest BCUT2D eigenvalue weighted by atomic mass is 32.2. The molecule has 2 aromatic heterocycles. The molecule has 2 heterocycles. The van der Waals surface area contributed by atoms with Gasteiger partial charge in [0.25, 0.3) is 5.56 Å². The fourth-order valence-electron chi connectivity index (χ4n) is 4.32. The van der Waals surface area contributed by atoms with Crippen molar-refractivity contribution in [2.45, 2.75) is 58.8 Å². The number of nitrogens with one attached hydrogen (secondary N) is 1. The monoisotopic (exact) mass is 534 g/mol. The number of aliphatic hydroxyl groups excluding tert-OH is 1. The van der Waals surface area contributed by atoms with Gasteiger partial charge in [-0.3, -0.25) is 4.79 Å². The molecule has 12 heteroatoms. The summed E-state index contributed by atoms with van der Waals surface area (Å²) in [4.78, 5) is 20.3. The van der Waals surface area contributed by atoms with E-state index in [0.717, 1.165) is 6.42 Å². The summed E-state index contributed by atoms with van der Waals surface area (Å²) in [6.45, 7) is 9.74. The summed E-state index contributed by atoms with van der Waals surface area (Å²) in [6, 6.07) is 4.51. The molecule has 0 aliphatic carbocycles. The lowest BCUT2D eigenvalue weighted by Gasteiger charge is -2.34. The molecule has 204 valence electrons. The first-order valence-corrected chi connectivity index (χ1v) is 14.1. The molecule has 1 atom stereocenters. The molecular weight excluding hydrogens is 496 g/mol. The Hall–Kier alpha value is -2.80. The minimum Gasteiger partial charge on any atom is -0.493 e. The van der Waals surface area contributed by atoms with Gasteiger partial charge in [0.1, 0.15) is 11.6 Å². The van der Waals surface area contributed by atoms with Gasteiger partial charge in [0.15, 0.2) is 11.3 Å². The maximum Gasteiger partial charge on any atom is 0.277 e. The van der Waals surface area contributed by atoms with Crippen LogP contribution in [0.15, 0.2) is 27.9 Å². The van der Waals surface area contributed by atoms with Crippen LogP contribution in [-0.2, 0) is 16.4 Å². The van der Waals surface area contributed by atoms with E-state index < -0.39 is 15.4 Å². The third-order valence-electron chi connectivity index (χ3n) is 6.74. The van der Waals surface area contributed by atoms with E-state index >= 15 is 0 Å². The van der Waals surface area contributed by atoms with E-state index in [1.54, 1.807) is 19.9 Å². The van der Waals surface area contributed by atoms with Crippen molar-refractivity contribution >= 4 is 15.5 Å². The minimum absolute atomic E-state index is 0.0195. The summed E-state index contributed by atoms with van der Waals surface area (Å²) in [5, 5.41) is 14.6. The van der Waals surface area contributed by atoms with E-state index in [0.29, 0.717) is 47.8 Å². The Morgan fingerprint density at radius 1 is 1.24 bits per heavy atom. The quantitative estimate of drug-likeness (QED) is 0.301. The molecule has 0 saturated heterocycles. The lowest BCUT2D eigenvalue weighted by atomic mass is 9.86. The summed E-state index contributed by atoms with van der Waals surface area (Å²) in [7, 11) is -3.97. The Balaban J connectivity index is 2.18. The van der Waals surface area contributed by atoms with Crippen LogP contribution in [0.25, 0.3) is 16.9 Å². The zero-order chi connectivity index (χ0) is 27.4. The number of benzene rings is 1. The van der Waals surface area contributed by atoms with Crippen LogP contribution in [0.4, 0.5) is 0 Å². The number of rotatable bonds is 13. The molecule has 0 spiro atoms. The molecule has 1 aromatic carbocycles. The number of fused-ring (bicyclic) bond motifs is 1. The molecule has 0 bridgehead atoms. The van der Waals surface area contributed by atoms with E-state index in [2.05, 4.69) is 15.1 Å². The van der Waals surface area contributed by atoms with Gasteiger partial charge < -0.3 is 20.6 Å². The maximum atomic E-state index is 13.7. The highest BCUT2D eigenvalue weighted by molar-refractivity contribution is 7.89. The summed E-state index contributed by atoms with van der Waals surface area (Å²) >= 11 is 0. The number of nitrogens with two attached hydrogens (primary N) is 1. The van der Waals surface area contributed by atoms with Crippen LogP contribution in [0.2, 0.25) is 0 Å². The molecule has 1 unspecified atom stereocenters. The number of ether oxygens (including phenoxy) is 1. The van der Waals surface area contributed by atoms with Crippen LogP contribution in [0.5, 0.6) is 5.75 Å². The number of H-pyrrole nitrogens is 1. The van der Waals surface area contributed by atoms with E-state index in [1.165, 1.54) is 21.0 Å². The molecule has 3 aromatic rings. The molecule has 0 radical (unpaired) electrons. The van der Waals surface area contributed by atoms with Crippen molar-refractivity contribution in [3.8, 4) is 17.1 Å². The van der Waals surface area contributed by atoms with Gasteiger partial charge in [-0.05, 0) is 44.9 Å². The van der Waals surface area contributed by atoms with E-state index in [1.807, 2.05) is 20.8 Å². The van der Waals surface area contributed by atoms with Crippen molar-refractivity contribution in [1.82, 2.24) is 23.9 Å². The largest absolute Gasteiger partial charge is 0.493 e. The van der Waals surface area contributed by atoms with Gasteiger partial charge in [-0.25, -0.2) is 17.9 Å². The average Bonchev–Trinajstić information content (AvgIpc) is 3.21. The minimum atomic E-state index is -3.97. The molecule has 3 rings (SSSR count). The number of sulfonamides is 1. The Morgan fingerprint density at radius 3 is 2.54 bits per heavy atom. The van der Waals surface area contributed by atoms with Gasteiger partial charge >= 0.3 is 0 Å². The zero-order valence-electron chi connectivity index (χ0n) is 22.2. The Bertz CT molecular complexity index is 1390. The van der Waals surface area contributed by atoms with Gasteiger partial charge in [0.2, 0.25) is 10.0 Å². The summed E-state index contributed by atoms with van der Waals surface area (Å²) in [6.07, 6.45) is 1.98. The van der Waals surface area contributed by atoms with Crippen LogP contribution in [-0.4, -0.2) is 70.3 Å². The number of aromatic nitrogens is 4. The smallest absolute Gasteiger partial charge is 0.277 e. The number of hydrogen-bond acceptors (Lipinski definition) is 8. The lowest BCUT2D eigenvalue weighted by Crippen LogP contribution is -2.46. The fraction of sp³-hybridized carbons (Fsp3) is 0.560. The second kappa shape index (κ2) is 11.7. The van der Waals surface area contributed by atoms with E-state index in [4.69, 9.17) is 10.5 Å². The van der Waals surface area contributed by atoms with Gasteiger partial charge in [-0.15, -0.1) is 5.10 Å². The van der Waals surface area contributed by atoms with Crippen LogP contribution in [0, 0.1) is 12.3 Å². The number of aryl methyl sites for hydroxylation is 2. The second-order valence-electron chi connectivity index (χ2n) is 9.16. The molecule has 0 fully saturated rings. The molecule has 4 N–H and O–H groups in total. The molecule has 0 saturated carbocycles. The first-order chi connectivity index (χ1) is 17.6. The highest BCUT2D eigenvalue weighted by Gasteiger charge is 2.34. The third-order valence-corrected chi connectivity index (χ3v) is 8.66. The zero-order valence-corrected chi connectivity index (χ0v) is 23.1. The predicted molar refractivity (Wildman–Crippen MR) is 142 cm³/mol. The first kappa shape index (κ1) is 28.8. The van der Waals surface area contributed by atoms with Gasteiger partial charge in [0.05, 0.1) is 29.4 Å². The van der Waals surface area contributed by atoms with Crippen molar-refractivity contribution in [3.63, 3.8) is 0 Å². The van der Waals surface area contributed by atoms with Crippen LogP contribution >= 0.6 is 0 Å². The van der Waals surface area contributed by atoms with Crippen molar-refractivity contribution in [2.24, 2.45) is 11.1 Å². The van der Waals surface area contributed by atoms with Crippen molar-refractivity contribution < 1.29 is 18.3 Å². The molecular formula is C25H38N6O5S. The number of aliphatic hydroxyl groups is 1. The van der Waals surface area contributed by atoms with Crippen LogP contribution in [0.1, 0.15) is 52.1 Å². The molecule has 0 aliphatic rings. The SMILES string of the molecule is CCCc1nc(C)c2c(=O)[nH]c(-c3cc(S(=O)(=O)N(CC)CC(CC)(CN)CO)ccc3OCC)nn12. The van der Waals surface area contributed by atoms with E-state index in [9.17, 15) is 18.3 Å². The number of nitrogens with zero attached hydrogens (tertiary/aromatic N) is 4. The normalized spacial score (nSPS) is 13.8. The average molecular weight is 535 g/mol. The van der Waals surface area contributed by atoms with Crippen molar-refractivity contribution in [1.29, 1.82) is 0 Å². The van der Waals surface area contributed by atoms with Gasteiger partial charge in [-0.2, -0.15) is 4.31 Å². The molecule has 0 aliphatic heterocycles. The predicted octanol–water partition coefficient (Wildman–Crippen LogP) is 2.10. The molecule has 37 heavy (non-hydrogen) atoms. The number of aromatic amines is 1. The van der Waals surface area contributed by atoms with E-state index in [-0.39, 0.29) is 42.5 Å². The molecule has 0 amide bonds. The Kier molecular flexibility index (Phi) is 9.11. The summed E-state index contributed by atoms with van der Waals surface area (Å²) in [5.74, 6) is 1.22. The second-order valence-corrected chi connectivity index (χ2v) is 11.1. The fourth-order valence-corrected chi connectivity index (χ4v) is 5.90. The summed E-state index contributed by atoms with van der Waals surface area (Å²) in [5.41, 5.74) is 6.07. The third kappa shape index (κ3) is 5.57. The van der Waals surface area contributed by atoms with Crippen LogP contribution < -0.4 is 16.0 Å². The first-order valence-electron chi connectivity index (χ1n) is 12.7. The Morgan fingerprint density at radius 2 is 1.97 bits per heavy atom. The summed E-state index contributed by atoms with van der Waals surface area (Å²) < 4.78 is 36.1. The maximum absolute atomic E-state index is 13.7. The molecule has 11 nitrogen and oxygen atoms in total. The van der Waals surface area contributed by atoms with Crippen molar-refractivity contribution in [3.05, 3.63) is 40.1 Å². The van der Waals surface area contributed by atoms with Crippen molar-refractivity contribution in [2.75, 3.05) is 32.8 Å². The topological polar surface area (TPSA) is 156 Å². The lowest BCUT2D eigenvalue weighted by molar-refractivity contribution is 0.105. The van der Waals surface area contributed by atoms with Crippen LogP contribution in [0.3, 0.4) is 0 Å². The number of hydrogen-bond donors (Lipinski definition) is 3. The van der Waals surface area contributed by atoms with Gasteiger partial charge in [-0.1, -0.05) is 20.8 Å². The highest BCUT2D eigenvalue weighted by Crippen LogP contribution is 2.32. The number of imidazole rings is 1. The van der Waals surface area contributed by atoms with Gasteiger partial charge in [0, 0.05) is 31.5 Å².